The lowest BCUT2D eigenvalue weighted by Crippen LogP contribution is -2.15. The first-order valence-corrected chi connectivity index (χ1v) is 9.51. The van der Waals surface area contributed by atoms with Crippen molar-refractivity contribution in [2.45, 2.75) is 13.8 Å². The smallest absolute Gasteiger partial charge is 0.257 e. The predicted octanol–water partition coefficient (Wildman–Crippen LogP) is 5.26. The number of hydrogen-bond donors (Lipinski definition) is 1. The van der Waals surface area contributed by atoms with Crippen molar-refractivity contribution < 1.29 is 9.53 Å². The Bertz CT molecular complexity index is 1170. The first-order valence-electron chi connectivity index (χ1n) is 9.51. The van der Waals surface area contributed by atoms with Crippen LogP contribution in [0.1, 0.15) is 22.8 Å². The summed E-state index contributed by atoms with van der Waals surface area (Å²) in [5, 5.41) is 3.72. The molecule has 0 spiro atoms. The zero-order valence-corrected chi connectivity index (χ0v) is 16.3. The molecule has 0 aliphatic heterocycles. The van der Waals surface area contributed by atoms with Gasteiger partial charge in [0.2, 0.25) is 0 Å². The van der Waals surface area contributed by atoms with Gasteiger partial charge in [0.25, 0.3) is 5.91 Å². The van der Waals surface area contributed by atoms with Crippen molar-refractivity contribution in [1.82, 2.24) is 9.97 Å². The lowest BCUT2D eigenvalue weighted by molar-refractivity contribution is 0.102. The van der Waals surface area contributed by atoms with Crippen LogP contribution < -0.4 is 10.1 Å². The number of aromatic nitrogens is 2. The summed E-state index contributed by atoms with van der Waals surface area (Å²) in [5.74, 6) is 1.15. The molecular weight excluding hydrogens is 362 g/mol. The van der Waals surface area contributed by atoms with E-state index in [4.69, 9.17) is 9.72 Å². The summed E-state index contributed by atoms with van der Waals surface area (Å²) in [7, 11) is 0. The summed E-state index contributed by atoms with van der Waals surface area (Å²) in [4.78, 5) is 22.1. The molecule has 2 aromatic heterocycles. The van der Waals surface area contributed by atoms with Gasteiger partial charge in [-0.3, -0.25) is 4.79 Å². The van der Waals surface area contributed by atoms with Gasteiger partial charge in [-0.05, 0) is 61.9 Å². The summed E-state index contributed by atoms with van der Waals surface area (Å²) >= 11 is 0. The van der Waals surface area contributed by atoms with Crippen LogP contribution >= 0.6 is 0 Å². The minimum absolute atomic E-state index is 0.211. The molecule has 29 heavy (non-hydrogen) atoms. The van der Waals surface area contributed by atoms with Crippen molar-refractivity contribution in [2.24, 2.45) is 0 Å². The zero-order chi connectivity index (χ0) is 20.2. The van der Waals surface area contributed by atoms with Crippen molar-refractivity contribution in [2.75, 3.05) is 11.9 Å². The largest absolute Gasteiger partial charge is 0.494 e. The monoisotopic (exact) mass is 383 g/mol. The minimum atomic E-state index is -0.211. The topological polar surface area (TPSA) is 64.1 Å². The first-order chi connectivity index (χ1) is 14.2. The third-order valence-electron chi connectivity index (χ3n) is 4.66. The third-order valence-corrected chi connectivity index (χ3v) is 4.66. The van der Waals surface area contributed by atoms with Crippen LogP contribution in [0.25, 0.3) is 22.2 Å². The molecule has 0 radical (unpaired) electrons. The van der Waals surface area contributed by atoms with Gasteiger partial charge in [0, 0.05) is 17.1 Å². The Hall–Kier alpha value is -3.73. The maximum atomic E-state index is 13.1. The molecule has 0 unspecified atom stereocenters. The highest BCUT2D eigenvalue weighted by Gasteiger charge is 2.15. The molecule has 5 heteroatoms. The summed E-state index contributed by atoms with van der Waals surface area (Å²) < 4.78 is 5.52. The molecule has 1 amide bonds. The second-order valence-corrected chi connectivity index (χ2v) is 6.65. The van der Waals surface area contributed by atoms with E-state index in [-0.39, 0.29) is 5.91 Å². The summed E-state index contributed by atoms with van der Waals surface area (Å²) in [6, 6.07) is 21.0. The van der Waals surface area contributed by atoms with E-state index in [1.165, 1.54) is 0 Å². The Labute approximate surface area is 169 Å². The van der Waals surface area contributed by atoms with Gasteiger partial charge in [-0.2, -0.15) is 0 Å². The number of para-hydroxylation sites is 1. The Morgan fingerprint density at radius 3 is 2.59 bits per heavy atom. The van der Waals surface area contributed by atoms with Crippen molar-refractivity contribution in [3.05, 3.63) is 84.1 Å². The van der Waals surface area contributed by atoms with Gasteiger partial charge in [-0.1, -0.05) is 24.3 Å². The second kappa shape index (κ2) is 8.10. The minimum Gasteiger partial charge on any atom is -0.494 e. The maximum absolute atomic E-state index is 13.1. The van der Waals surface area contributed by atoms with Gasteiger partial charge in [0.1, 0.15) is 11.6 Å². The lowest BCUT2D eigenvalue weighted by atomic mass is 10.0. The number of ether oxygens (including phenoxy) is 1. The quantitative estimate of drug-likeness (QED) is 0.511. The van der Waals surface area contributed by atoms with Gasteiger partial charge in [-0.15, -0.1) is 0 Å². The molecule has 0 saturated heterocycles. The molecule has 0 atom stereocenters. The molecule has 144 valence electrons. The number of benzene rings is 2. The molecule has 0 aliphatic carbocycles. The molecule has 0 aliphatic rings. The van der Waals surface area contributed by atoms with Crippen LogP contribution in [0.15, 0.2) is 72.9 Å². The Balaban J connectivity index is 1.76. The molecule has 2 aromatic carbocycles. The number of carbonyl (C=O) groups excluding carboxylic acids is 1. The van der Waals surface area contributed by atoms with E-state index in [0.29, 0.717) is 18.0 Å². The number of nitrogens with zero attached hydrogens (tertiary/aromatic N) is 2. The zero-order valence-electron chi connectivity index (χ0n) is 16.3. The number of aryl methyl sites for hydroxylation is 1. The van der Waals surface area contributed by atoms with Crippen LogP contribution in [0, 0.1) is 6.92 Å². The van der Waals surface area contributed by atoms with Crippen LogP contribution in [0.3, 0.4) is 0 Å². The summed E-state index contributed by atoms with van der Waals surface area (Å²) in [6.45, 7) is 4.48. The number of nitrogens with one attached hydrogen (secondary N) is 1. The fourth-order valence-electron chi connectivity index (χ4n) is 3.19. The van der Waals surface area contributed by atoms with Gasteiger partial charge in [0.15, 0.2) is 0 Å². The van der Waals surface area contributed by atoms with Crippen LogP contribution in [0.4, 0.5) is 5.82 Å². The van der Waals surface area contributed by atoms with E-state index in [1.807, 2.05) is 80.6 Å². The van der Waals surface area contributed by atoms with Crippen molar-refractivity contribution >= 4 is 22.6 Å². The average Bonchev–Trinajstić information content (AvgIpc) is 2.75. The van der Waals surface area contributed by atoms with E-state index in [9.17, 15) is 4.79 Å². The summed E-state index contributed by atoms with van der Waals surface area (Å²) in [6.07, 6.45) is 1.67. The third kappa shape index (κ3) is 3.94. The Morgan fingerprint density at radius 2 is 1.83 bits per heavy atom. The first kappa shape index (κ1) is 18.6. The van der Waals surface area contributed by atoms with Crippen molar-refractivity contribution in [1.29, 1.82) is 0 Å². The molecular formula is C24H21N3O2. The molecule has 4 aromatic rings. The van der Waals surface area contributed by atoms with Gasteiger partial charge < -0.3 is 10.1 Å². The molecule has 2 heterocycles. The highest BCUT2D eigenvalue weighted by atomic mass is 16.5. The number of amides is 1. The summed E-state index contributed by atoms with van der Waals surface area (Å²) in [5.41, 5.74) is 3.88. The van der Waals surface area contributed by atoms with E-state index in [0.717, 1.165) is 33.5 Å². The van der Waals surface area contributed by atoms with Gasteiger partial charge in [0.05, 0.1) is 23.4 Å². The SMILES string of the molecule is CCOc1ccc(-c2cc(C(=O)Nc3ncccc3C)c3ccccc3n2)cc1. The van der Waals surface area contributed by atoms with Crippen LogP contribution in [-0.2, 0) is 0 Å². The molecule has 1 N–H and O–H groups in total. The van der Waals surface area contributed by atoms with Crippen molar-refractivity contribution in [3.8, 4) is 17.0 Å². The van der Waals surface area contributed by atoms with Crippen LogP contribution in [-0.4, -0.2) is 22.5 Å². The maximum Gasteiger partial charge on any atom is 0.257 e. The van der Waals surface area contributed by atoms with Crippen LogP contribution in [0.2, 0.25) is 0 Å². The molecule has 0 saturated carbocycles. The number of rotatable bonds is 5. The van der Waals surface area contributed by atoms with E-state index < -0.39 is 0 Å². The van der Waals surface area contributed by atoms with Crippen LogP contribution in [0.5, 0.6) is 5.75 Å². The highest BCUT2D eigenvalue weighted by molar-refractivity contribution is 6.13. The molecule has 0 bridgehead atoms. The number of carbonyl (C=O) groups is 1. The molecule has 4 rings (SSSR count). The Kier molecular flexibility index (Phi) is 5.20. The molecule has 5 nitrogen and oxygen atoms in total. The number of fused-ring (bicyclic) bond motifs is 1. The normalized spacial score (nSPS) is 10.7. The van der Waals surface area contributed by atoms with E-state index in [2.05, 4.69) is 10.3 Å². The van der Waals surface area contributed by atoms with Gasteiger partial charge >= 0.3 is 0 Å². The van der Waals surface area contributed by atoms with E-state index >= 15 is 0 Å². The fourth-order valence-corrected chi connectivity index (χ4v) is 3.19. The van der Waals surface area contributed by atoms with E-state index in [1.54, 1.807) is 6.20 Å². The van der Waals surface area contributed by atoms with Crippen molar-refractivity contribution in [3.63, 3.8) is 0 Å². The Morgan fingerprint density at radius 1 is 1.03 bits per heavy atom. The molecule has 0 fully saturated rings. The highest BCUT2D eigenvalue weighted by Crippen LogP contribution is 2.27. The second-order valence-electron chi connectivity index (χ2n) is 6.65. The van der Waals surface area contributed by atoms with Gasteiger partial charge in [-0.25, -0.2) is 9.97 Å². The predicted molar refractivity (Wildman–Crippen MR) is 115 cm³/mol. The lowest BCUT2D eigenvalue weighted by Gasteiger charge is -2.12. The number of anilines is 1. The number of hydrogen-bond acceptors (Lipinski definition) is 4. The fraction of sp³-hybridized carbons (Fsp3) is 0.125. The average molecular weight is 383 g/mol. The number of pyridine rings is 2. The standard InChI is InChI=1S/C24H21N3O2/c1-3-29-18-12-10-17(11-13-18)22-15-20(19-8-4-5-9-21(19)26-22)24(28)27-23-16(2)7-6-14-25-23/h4-15H,3H2,1-2H3,(H,25,27,28).